The van der Waals surface area contributed by atoms with Crippen LogP contribution in [0.1, 0.15) is 21.7 Å². The lowest BCUT2D eigenvalue weighted by Gasteiger charge is -2.09. The molecule has 1 heterocycles. The molecule has 0 aliphatic heterocycles. The Balaban J connectivity index is 1.67. The highest BCUT2D eigenvalue weighted by Gasteiger charge is 2.31. The van der Waals surface area contributed by atoms with Gasteiger partial charge in [0.05, 0.1) is 18.4 Å². The summed E-state index contributed by atoms with van der Waals surface area (Å²) in [6.07, 6.45) is -2.30. The summed E-state index contributed by atoms with van der Waals surface area (Å²) in [5, 5.41) is 13.4. The molecule has 0 radical (unpaired) electrons. The van der Waals surface area contributed by atoms with E-state index in [1.54, 1.807) is 6.07 Å². The van der Waals surface area contributed by atoms with Gasteiger partial charge in [-0.1, -0.05) is 6.07 Å². The second kappa shape index (κ2) is 8.21. The summed E-state index contributed by atoms with van der Waals surface area (Å²) in [7, 11) is 1.46. The van der Waals surface area contributed by atoms with Crippen LogP contribution in [0.4, 0.5) is 13.2 Å². The quantitative estimate of drug-likeness (QED) is 0.643. The monoisotopic (exact) mass is 407 g/mol. The van der Waals surface area contributed by atoms with Crippen molar-refractivity contribution in [2.24, 2.45) is 0 Å². The Labute approximate surface area is 163 Å². The number of ether oxygens (including phenoxy) is 2. The lowest BCUT2D eigenvalue weighted by Crippen LogP contribution is -2.17. The normalized spacial score (nSPS) is 11.3. The molecule has 7 nitrogen and oxygen atoms in total. The maximum atomic E-state index is 12.2. The minimum Gasteiger partial charge on any atom is -0.496 e. The average molecular weight is 407 g/mol. The molecule has 3 aromatic rings. The lowest BCUT2D eigenvalue weighted by atomic mass is 10.1. The van der Waals surface area contributed by atoms with E-state index in [-0.39, 0.29) is 11.3 Å². The molecule has 0 amide bonds. The van der Waals surface area contributed by atoms with E-state index in [2.05, 4.69) is 14.8 Å². The molecule has 0 aliphatic rings. The highest BCUT2D eigenvalue weighted by molar-refractivity contribution is 5.88. The zero-order valence-corrected chi connectivity index (χ0v) is 15.2. The molecule has 29 heavy (non-hydrogen) atoms. The molecule has 1 aromatic heterocycles. The molecule has 2 aromatic carbocycles. The number of nitrogens with zero attached hydrogens (tertiary/aromatic N) is 3. The van der Waals surface area contributed by atoms with E-state index in [0.717, 1.165) is 5.56 Å². The van der Waals surface area contributed by atoms with Crippen LogP contribution in [0.15, 0.2) is 48.8 Å². The fourth-order valence-electron chi connectivity index (χ4n) is 2.67. The maximum absolute atomic E-state index is 12.2. The number of aromatic nitrogens is 3. The van der Waals surface area contributed by atoms with Crippen molar-refractivity contribution in [2.75, 3.05) is 7.11 Å². The van der Waals surface area contributed by atoms with E-state index in [9.17, 15) is 18.0 Å². The third-order valence-corrected chi connectivity index (χ3v) is 4.03. The Bertz CT molecular complexity index is 1000. The minimum atomic E-state index is -4.74. The number of carbonyl (C=O) groups is 1. The highest BCUT2D eigenvalue weighted by atomic mass is 19.4. The average Bonchev–Trinajstić information content (AvgIpc) is 3.14. The van der Waals surface area contributed by atoms with Crippen molar-refractivity contribution in [3.8, 4) is 17.2 Å². The number of aromatic carboxylic acids is 1. The summed E-state index contributed by atoms with van der Waals surface area (Å²) in [5.41, 5.74) is 1.47. The third kappa shape index (κ3) is 5.24. The molecular formula is C19H16F3N3O4. The predicted octanol–water partition coefficient (Wildman–Crippen LogP) is 3.66. The number of hydrogen-bond acceptors (Lipinski definition) is 5. The van der Waals surface area contributed by atoms with Crippen LogP contribution in [0.2, 0.25) is 0 Å². The van der Waals surface area contributed by atoms with Crippen molar-refractivity contribution < 1.29 is 32.5 Å². The Hall–Kier alpha value is -3.56. The SMILES string of the molecule is COc1cc(C(=O)O)ccc1CCc1ncn(-c2ccc(OC(F)(F)F)cc2)n1. The standard InChI is InChI=1S/C19H16F3N3O4/c1-28-16-10-13(18(26)27)3-2-12(16)4-9-17-23-11-25(24-17)14-5-7-15(8-6-14)29-19(20,21)22/h2-3,5-8,10-11H,4,9H2,1H3,(H,26,27). The fraction of sp³-hybridized carbons (Fsp3) is 0.211. The van der Waals surface area contributed by atoms with E-state index in [1.165, 1.54) is 54.5 Å². The van der Waals surface area contributed by atoms with Crippen LogP contribution < -0.4 is 9.47 Å². The molecule has 0 saturated heterocycles. The molecular weight excluding hydrogens is 391 g/mol. The third-order valence-electron chi connectivity index (χ3n) is 4.03. The number of alkyl halides is 3. The Morgan fingerprint density at radius 3 is 2.48 bits per heavy atom. The summed E-state index contributed by atoms with van der Waals surface area (Å²) in [4.78, 5) is 15.2. The molecule has 0 saturated carbocycles. The smallest absolute Gasteiger partial charge is 0.496 e. The van der Waals surface area contributed by atoms with Gasteiger partial charge < -0.3 is 14.6 Å². The van der Waals surface area contributed by atoms with Crippen molar-refractivity contribution in [2.45, 2.75) is 19.2 Å². The van der Waals surface area contributed by atoms with Gasteiger partial charge >= 0.3 is 12.3 Å². The Morgan fingerprint density at radius 1 is 1.14 bits per heavy atom. The molecule has 10 heteroatoms. The lowest BCUT2D eigenvalue weighted by molar-refractivity contribution is -0.274. The van der Waals surface area contributed by atoms with Gasteiger partial charge in [0.1, 0.15) is 17.8 Å². The van der Waals surface area contributed by atoms with Gasteiger partial charge in [-0.3, -0.25) is 0 Å². The number of carboxylic acids is 1. The predicted molar refractivity (Wildman–Crippen MR) is 95.4 cm³/mol. The first kappa shape index (κ1) is 20.2. The van der Waals surface area contributed by atoms with Crippen LogP contribution in [-0.4, -0.2) is 39.3 Å². The summed E-state index contributed by atoms with van der Waals surface area (Å²) < 4.78 is 47.2. The van der Waals surface area contributed by atoms with Crippen molar-refractivity contribution in [1.82, 2.24) is 14.8 Å². The molecule has 0 fully saturated rings. The number of carboxylic acid groups (broad SMARTS) is 1. The number of halogens is 3. The number of aryl methyl sites for hydroxylation is 2. The van der Waals surface area contributed by atoms with Gasteiger partial charge in [-0.25, -0.2) is 14.5 Å². The van der Waals surface area contributed by atoms with Gasteiger partial charge in [0.2, 0.25) is 0 Å². The van der Waals surface area contributed by atoms with Gasteiger partial charge in [-0.05, 0) is 48.4 Å². The summed E-state index contributed by atoms with van der Waals surface area (Å²) >= 11 is 0. The van der Waals surface area contributed by atoms with E-state index < -0.39 is 12.3 Å². The summed E-state index contributed by atoms with van der Waals surface area (Å²) in [5.74, 6) is -0.380. The van der Waals surface area contributed by atoms with E-state index in [1.807, 2.05) is 0 Å². The molecule has 0 unspecified atom stereocenters. The summed E-state index contributed by atoms with van der Waals surface area (Å²) in [6.45, 7) is 0. The molecule has 0 bridgehead atoms. The van der Waals surface area contributed by atoms with Crippen LogP contribution in [0.5, 0.6) is 11.5 Å². The van der Waals surface area contributed by atoms with Crippen LogP contribution >= 0.6 is 0 Å². The van der Waals surface area contributed by atoms with Crippen molar-refractivity contribution in [3.05, 3.63) is 65.7 Å². The highest BCUT2D eigenvalue weighted by Crippen LogP contribution is 2.24. The number of benzene rings is 2. The number of hydrogen-bond donors (Lipinski definition) is 1. The van der Waals surface area contributed by atoms with Crippen LogP contribution in [0, 0.1) is 0 Å². The minimum absolute atomic E-state index is 0.131. The van der Waals surface area contributed by atoms with Crippen molar-refractivity contribution in [1.29, 1.82) is 0 Å². The first-order valence-electron chi connectivity index (χ1n) is 8.42. The van der Waals surface area contributed by atoms with Gasteiger partial charge in [-0.2, -0.15) is 5.10 Å². The first-order valence-corrected chi connectivity index (χ1v) is 8.42. The topological polar surface area (TPSA) is 86.5 Å². The molecule has 1 N–H and O–H groups in total. The van der Waals surface area contributed by atoms with E-state index in [0.29, 0.717) is 30.1 Å². The molecule has 0 aliphatic carbocycles. The van der Waals surface area contributed by atoms with Gasteiger partial charge in [0.15, 0.2) is 5.82 Å². The van der Waals surface area contributed by atoms with Gasteiger partial charge in [0, 0.05) is 6.42 Å². The Morgan fingerprint density at radius 2 is 1.86 bits per heavy atom. The molecule has 0 atom stereocenters. The number of rotatable bonds is 7. The summed E-state index contributed by atoms with van der Waals surface area (Å²) in [6, 6.07) is 9.89. The maximum Gasteiger partial charge on any atom is 0.573 e. The molecule has 3 rings (SSSR count). The second-order valence-corrected chi connectivity index (χ2v) is 5.98. The first-order chi connectivity index (χ1) is 13.7. The van der Waals surface area contributed by atoms with Gasteiger partial charge in [-0.15, -0.1) is 13.2 Å². The van der Waals surface area contributed by atoms with Crippen LogP contribution in [0.25, 0.3) is 5.69 Å². The molecule has 0 spiro atoms. The van der Waals surface area contributed by atoms with Gasteiger partial charge in [0.25, 0.3) is 0 Å². The van der Waals surface area contributed by atoms with E-state index in [4.69, 9.17) is 9.84 Å². The van der Waals surface area contributed by atoms with E-state index >= 15 is 0 Å². The van der Waals surface area contributed by atoms with Crippen molar-refractivity contribution >= 4 is 5.97 Å². The largest absolute Gasteiger partial charge is 0.573 e. The van der Waals surface area contributed by atoms with Crippen LogP contribution in [-0.2, 0) is 12.8 Å². The van der Waals surface area contributed by atoms with Crippen molar-refractivity contribution in [3.63, 3.8) is 0 Å². The second-order valence-electron chi connectivity index (χ2n) is 5.98. The Kier molecular flexibility index (Phi) is 5.71. The fourth-order valence-corrected chi connectivity index (χ4v) is 2.67. The number of methoxy groups -OCH3 is 1. The zero-order valence-electron chi connectivity index (χ0n) is 15.2. The zero-order chi connectivity index (χ0) is 21.0. The molecule has 152 valence electrons. The van der Waals surface area contributed by atoms with Crippen LogP contribution in [0.3, 0.4) is 0 Å².